The van der Waals surface area contributed by atoms with E-state index in [4.69, 9.17) is 4.74 Å². The van der Waals surface area contributed by atoms with Crippen LogP contribution in [0, 0.1) is 0 Å². The summed E-state index contributed by atoms with van der Waals surface area (Å²) in [5, 5.41) is 7.46. The topological polar surface area (TPSA) is 67.4 Å². The van der Waals surface area contributed by atoms with Gasteiger partial charge in [-0.15, -0.1) is 11.3 Å². The number of ether oxygens (including phenoxy) is 1. The molecule has 0 unspecified atom stereocenters. The Morgan fingerprint density at radius 3 is 2.38 bits per heavy atom. The van der Waals surface area contributed by atoms with E-state index in [2.05, 4.69) is 22.8 Å². The van der Waals surface area contributed by atoms with E-state index in [1.165, 1.54) is 5.56 Å². The summed E-state index contributed by atoms with van der Waals surface area (Å²) in [6, 6.07) is 11.9. The van der Waals surface area contributed by atoms with E-state index in [0.717, 1.165) is 36.3 Å². The van der Waals surface area contributed by atoms with Crippen LogP contribution in [0.5, 0.6) is 5.75 Å². The number of carbonyl (C=O) groups excluding carboxylic acids is 2. The standard InChI is InChI=1S/C20H24N2O3S/c1-25-16-8-6-15(7-9-16)20(10-2-3-11-20)14-22-19(24)18(23)21-13-17-5-4-12-26-17/h4-9,12H,2-3,10-11,13-14H2,1H3,(H,21,23)(H,22,24). The van der Waals surface area contributed by atoms with E-state index in [0.29, 0.717) is 13.1 Å². The molecule has 5 nitrogen and oxygen atoms in total. The third kappa shape index (κ3) is 4.25. The van der Waals surface area contributed by atoms with Crippen LogP contribution in [0.2, 0.25) is 0 Å². The molecular formula is C20H24N2O3S. The van der Waals surface area contributed by atoms with Crippen LogP contribution < -0.4 is 15.4 Å². The molecule has 1 aromatic carbocycles. The van der Waals surface area contributed by atoms with Crippen molar-refractivity contribution < 1.29 is 14.3 Å². The van der Waals surface area contributed by atoms with Gasteiger partial charge in [-0.05, 0) is 42.0 Å². The molecule has 1 aliphatic carbocycles. The highest BCUT2D eigenvalue weighted by molar-refractivity contribution is 7.09. The van der Waals surface area contributed by atoms with Crippen LogP contribution in [-0.4, -0.2) is 25.5 Å². The molecule has 26 heavy (non-hydrogen) atoms. The van der Waals surface area contributed by atoms with Crippen molar-refractivity contribution in [2.24, 2.45) is 0 Å². The van der Waals surface area contributed by atoms with E-state index < -0.39 is 11.8 Å². The number of thiophene rings is 1. The quantitative estimate of drug-likeness (QED) is 0.766. The lowest BCUT2D eigenvalue weighted by Gasteiger charge is -2.30. The number of benzene rings is 1. The highest BCUT2D eigenvalue weighted by Crippen LogP contribution is 2.41. The average Bonchev–Trinajstić information content (AvgIpc) is 3.37. The highest BCUT2D eigenvalue weighted by Gasteiger charge is 2.36. The third-order valence-corrected chi connectivity index (χ3v) is 5.94. The van der Waals surface area contributed by atoms with Crippen LogP contribution in [0.1, 0.15) is 36.1 Å². The summed E-state index contributed by atoms with van der Waals surface area (Å²) in [5.74, 6) is -0.332. The molecule has 0 spiro atoms. The van der Waals surface area contributed by atoms with Crippen molar-refractivity contribution >= 4 is 23.2 Å². The third-order valence-electron chi connectivity index (χ3n) is 5.06. The Bertz CT molecular complexity index is 735. The van der Waals surface area contributed by atoms with Crippen LogP contribution in [0.3, 0.4) is 0 Å². The van der Waals surface area contributed by atoms with Gasteiger partial charge >= 0.3 is 11.8 Å². The number of hydrogen-bond acceptors (Lipinski definition) is 4. The van der Waals surface area contributed by atoms with E-state index in [1.54, 1.807) is 18.4 Å². The lowest BCUT2D eigenvalue weighted by atomic mass is 9.78. The van der Waals surface area contributed by atoms with Crippen molar-refractivity contribution in [3.05, 3.63) is 52.2 Å². The van der Waals surface area contributed by atoms with Gasteiger partial charge in [0.25, 0.3) is 0 Å². The summed E-state index contributed by atoms with van der Waals surface area (Å²) in [6.07, 6.45) is 4.28. The number of hydrogen-bond donors (Lipinski definition) is 2. The SMILES string of the molecule is COc1ccc(C2(CNC(=O)C(=O)NCc3cccs3)CCCC2)cc1. The minimum absolute atomic E-state index is 0.101. The first kappa shape index (κ1) is 18.5. The molecule has 0 atom stereocenters. The molecular weight excluding hydrogens is 348 g/mol. The molecule has 0 radical (unpaired) electrons. The predicted octanol–water partition coefficient (Wildman–Crippen LogP) is 3.00. The van der Waals surface area contributed by atoms with Crippen molar-refractivity contribution in [3.8, 4) is 5.75 Å². The van der Waals surface area contributed by atoms with Crippen LogP contribution in [0.15, 0.2) is 41.8 Å². The monoisotopic (exact) mass is 372 g/mol. The van der Waals surface area contributed by atoms with Gasteiger partial charge < -0.3 is 15.4 Å². The van der Waals surface area contributed by atoms with Gasteiger partial charge in [0, 0.05) is 16.8 Å². The Labute approximate surface area is 157 Å². The first-order valence-electron chi connectivity index (χ1n) is 8.86. The molecule has 1 saturated carbocycles. The minimum Gasteiger partial charge on any atom is -0.497 e. The number of methoxy groups -OCH3 is 1. The lowest BCUT2D eigenvalue weighted by molar-refractivity contribution is -0.139. The Kier molecular flexibility index (Phi) is 5.93. The maximum Gasteiger partial charge on any atom is 0.309 e. The highest BCUT2D eigenvalue weighted by atomic mass is 32.1. The molecule has 2 amide bonds. The second-order valence-electron chi connectivity index (χ2n) is 6.66. The van der Waals surface area contributed by atoms with Crippen LogP contribution in [0.25, 0.3) is 0 Å². The first-order chi connectivity index (χ1) is 12.6. The van der Waals surface area contributed by atoms with Crippen LogP contribution >= 0.6 is 11.3 Å². The van der Waals surface area contributed by atoms with Crippen molar-refractivity contribution in [1.29, 1.82) is 0 Å². The molecule has 2 aromatic rings. The molecule has 2 N–H and O–H groups in total. The van der Waals surface area contributed by atoms with Crippen molar-refractivity contribution in [3.63, 3.8) is 0 Å². The Morgan fingerprint density at radius 2 is 1.77 bits per heavy atom. The fourth-order valence-electron chi connectivity index (χ4n) is 3.55. The maximum absolute atomic E-state index is 12.2. The predicted molar refractivity (Wildman–Crippen MR) is 102 cm³/mol. The van der Waals surface area contributed by atoms with Gasteiger partial charge in [0.1, 0.15) is 5.75 Å². The largest absolute Gasteiger partial charge is 0.497 e. The molecule has 6 heteroatoms. The molecule has 0 bridgehead atoms. The first-order valence-corrected chi connectivity index (χ1v) is 9.74. The summed E-state index contributed by atoms with van der Waals surface area (Å²) in [4.78, 5) is 25.3. The number of amides is 2. The van der Waals surface area contributed by atoms with E-state index in [-0.39, 0.29) is 5.41 Å². The smallest absolute Gasteiger partial charge is 0.309 e. The maximum atomic E-state index is 12.2. The zero-order chi connectivity index (χ0) is 18.4. The van der Waals surface area contributed by atoms with Gasteiger partial charge in [-0.2, -0.15) is 0 Å². The normalized spacial score (nSPS) is 15.4. The molecule has 138 valence electrons. The van der Waals surface area contributed by atoms with Crippen molar-refractivity contribution in [2.45, 2.75) is 37.6 Å². The Balaban J connectivity index is 1.59. The molecule has 1 aromatic heterocycles. The summed E-state index contributed by atoms with van der Waals surface area (Å²) in [5.41, 5.74) is 1.09. The summed E-state index contributed by atoms with van der Waals surface area (Å²) in [7, 11) is 1.65. The fourth-order valence-corrected chi connectivity index (χ4v) is 4.20. The van der Waals surface area contributed by atoms with Crippen LogP contribution in [0.4, 0.5) is 0 Å². The van der Waals surface area contributed by atoms with Gasteiger partial charge in [-0.3, -0.25) is 9.59 Å². The summed E-state index contributed by atoms with van der Waals surface area (Å²) >= 11 is 1.55. The van der Waals surface area contributed by atoms with Gasteiger partial charge in [0.2, 0.25) is 0 Å². The van der Waals surface area contributed by atoms with Crippen molar-refractivity contribution in [1.82, 2.24) is 10.6 Å². The number of rotatable bonds is 6. The average molecular weight is 372 g/mol. The number of carbonyl (C=O) groups is 2. The van der Waals surface area contributed by atoms with Gasteiger partial charge in [0.05, 0.1) is 13.7 Å². The molecule has 1 fully saturated rings. The van der Waals surface area contributed by atoms with E-state index in [9.17, 15) is 9.59 Å². The van der Waals surface area contributed by atoms with E-state index in [1.807, 2.05) is 29.6 Å². The summed E-state index contributed by atoms with van der Waals surface area (Å²) < 4.78 is 5.23. The zero-order valence-electron chi connectivity index (χ0n) is 14.9. The zero-order valence-corrected chi connectivity index (χ0v) is 15.7. The molecule has 0 saturated heterocycles. The van der Waals surface area contributed by atoms with Gasteiger partial charge in [-0.1, -0.05) is 31.0 Å². The van der Waals surface area contributed by atoms with Crippen molar-refractivity contribution in [2.75, 3.05) is 13.7 Å². The molecule has 0 aliphatic heterocycles. The lowest BCUT2D eigenvalue weighted by Crippen LogP contribution is -2.45. The molecule has 1 heterocycles. The van der Waals surface area contributed by atoms with E-state index >= 15 is 0 Å². The van der Waals surface area contributed by atoms with Gasteiger partial charge in [0.15, 0.2) is 0 Å². The minimum atomic E-state index is -0.582. The Hall–Kier alpha value is -2.34. The fraction of sp³-hybridized carbons (Fsp3) is 0.400. The van der Waals surface area contributed by atoms with Gasteiger partial charge in [-0.25, -0.2) is 0 Å². The second-order valence-corrected chi connectivity index (χ2v) is 7.69. The Morgan fingerprint density at radius 1 is 1.08 bits per heavy atom. The summed E-state index contributed by atoms with van der Waals surface area (Å²) in [6.45, 7) is 0.859. The molecule has 3 rings (SSSR count). The molecule has 1 aliphatic rings. The number of nitrogens with one attached hydrogen (secondary N) is 2. The van der Waals surface area contributed by atoms with Crippen LogP contribution in [-0.2, 0) is 21.5 Å². The second kappa shape index (κ2) is 8.36.